The summed E-state index contributed by atoms with van der Waals surface area (Å²) in [5.74, 6) is 0.983. The van der Waals surface area contributed by atoms with E-state index in [1.165, 1.54) is 5.56 Å². The minimum Gasteiger partial charge on any atom is -0.494 e. The Morgan fingerprint density at radius 2 is 1.43 bits per heavy atom. The smallest absolute Gasteiger partial charge is 0.341 e. The molecule has 0 amide bonds. The van der Waals surface area contributed by atoms with Crippen molar-refractivity contribution in [2.24, 2.45) is 0 Å². The van der Waals surface area contributed by atoms with E-state index in [-0.39, 0.29) is 6.61 Å². The van der Waals surface area contributed by atoms with Gasteiger partial charge in [-0.2, -0.15) is 0 Å². The van der Waals surface area contributed by atoms with E-state index in [1.807, 2.05) is 62.4 Å². The van der Waals surface area contributed by atoms with Crippen molar-refractivity contribution in [2.75, 3.05) is 13.2 Å². The number of thiazole rings is 1. The van der Waals surface area contributed by atoms with Crippen molar-refractivity contribution in [1.29, 1.82) is 0 Å². The average Bonchev–Trinajstić information content (AvgIpc) is 3.41. The van der Waals surface area contributed by atoms with E-state index >= 15 is 0 Å². The number of hydrogen-bond donors (Lipinski definition) is 1. The molecule has 0 unspecified atom stereocenters. The van der Waals surface area contributed by atoms with Crippen LogP contribution in [0.1, 0.15) is 17.5 Å². The minimum atomic E-state index is -1.02. The summed E-state index contributed by atoms with van der Waals surface area (Å²) in [5, 5.41) is 9.70. The molecule has 0 aliphatic heterocycles. The molecule has 1 N–H and O–H groups in total. The zero-order valence-electron chi connectivity index (χ0n) is 22.3. The molecule has 202 valence electrons. The largest absolute Gasteiger partial charge is 0.494 e. The van der Waals surface area contributed by atoms with E-state index in [0.29, 0.717) is 24.7 Å². The fourth-order valence-electron chi connectivity index (χ4n) is 4.30. The Balaban J connectivity index is 1.41. The summed E-state index contributed by atoms with van der Waals surface area (Å²) in [6.45, 7) is 4.35. The van der Waals surface area contributed by atoms with Crippen LogP contribution in [0.2, 0.25) is 0 Å². The normalized spacial score (nSPS) is 10.8. The lowest BCUT2D eigenvalue weighted by atomic mass is 10.0. The summed E-state index contributed by atoms with van der Waals surface area (Å²) >= 11 is 1.60. The maximum absolute atomic E-state index is 10.8. The van der Waals surface area contributed by atoms with Crippen LogP contribution in [0.5, 0.6) is 17.2 Å². The molecule has 1 heterocycles. The first-order valence-electron chi connectivity index (χ1n) is 13.0. The van der Waals surface area contributed by atoms with E-state index in [9.17, 15) is 4.79 Å². The van der Waals surface area contributed by atoms with Crippen molar-refractivity contribution in [3.63, 3.8) is 0 Å². The lowest BCUT2D eigenvalue weighted by molar-refractivity contribution is -0.139. The maximum Gasteiger partial charge on any atom is 0.341 e. The Labute approximate surface area is 237 Å². The number of hydrogen-bond acceptors (Lipinski definition) is 6. The van der Waals surface area contributed by atoms with Crippen LogP contribution in [0.15, 0.2) is 97.1 Å². The van der Waals surface area contributed by atoms with Crippen molar-refractivity contribution >= 4 is 17.3 Å². The van der Waals surface area contributed by atoms with Crippen LogP contribution in [-0.4, -0.2) is 29.3 Å². The number of carboxylic acid groups (broad SMARTS) is 1. The van der Waals surface area contributed by atoms with Gasteiger partial charge in [0.05, 0.1) is 17.2 Å². The van der Waals surface area contributed by atoms with Gasteiger partial charge in [-0.1, -0.05) is 54.6 Å². The second-order valence-corrected chi connectivity index (χ2v) is 10.2. The van der Waals surface area contributed by atoms with Gasteiger partial charge in [-0.05, 0) is 78.6 Å². The molecule has 0 saturated carbocycles. The number of rotatable bonds is 11. The van der Waals surface area contributed by atoms with E-state index in [2.05, 4.69) is 36.4 Å². The van der Waals surface area contributed by atoms with Crippen LogP contribution in [0, 0.1) is 6.92 Å². The van der Waals surface area contributed by atoms with E-state index in [1.54, 1.807) is 23.5 Å². The molecule has 0 saturated heterocycles. The lowest BCUT2D eigenvalue weighted by Crippen LogP contribution is -2.10. The molecule has 0 spiro atoms. The van der Waals surface area contributed by atoms with Crippen molar-refractivity contribution in [1.82, 2.24) is 4.98 Å². The first kappa shape index (κ1) is 27.0. The molecule has 40 heavy (non-hydrogen) atoms. The van der Waals surface area contributed by atoms with E-state index in [4.69, 9.17) is 24.3 Å². The molecule has 0 radical (unpaired) electrons. The predicted octanol–water partition coefficient (Wildman–Crippen LogP) is 7.89. The monoisotopic (exact) mass is 551 g/mol. The number of ether oxygens (including phenoxy) is 3. The Morgan fingerprint density at radius 3 is 2.10 bits per heavy atom. The van der Waals surface area contributed by atoms with Gasteiger partial charge in [0.1, 0.15) is 28.9 Å². The van der Waals surface area contributed by atoms with Gasteiger partial charge in [0.25, 0.3) is 0 Å². The molecule has 0 aliphatic rings. The lowest BCUT2D eigenvalue weighted by Gasteiger charge is -2.09. The van der Waals surface area contributed by atoms with Crippen molar-refractivity contribution < 1.29 is 24.1 Å². The van der Waals surface area contributed by atoms with Crippen LogP contribution >= 0.6 is 11.3 Å². The number of carboxylic acids is 1. The first-order chi connectivity index (χ1) is 19.5. The third-order valence-electron chi connectivity index (χ3n) is 6.22. The van der Waals surface area contributed by atoms with Gasteiger partial charge in [-0.25, -0.2) is 9.78 Å². The molecular weight excluding hydrogens is 522 g/mol. The third-order valence-corrected chi connectivity index (χ3v) is 7.30. The summed E-state index contributed by atoms with van der Waals surface area (Å²) in [4.78, 5) is 16.9. The van der Waals surface area contributed by atoms with Crippen molar-refractivity contribution in [3.05, 3.63) is 108 Å². The quantitative estimate of drug-likeness (QED) is 0.180. The van der Waals surface area contributed by atoms with Crippen LogP contribution in [0.25, 0.3) is 32.8 Å². The second-order valence-electron chi connectivity index (χ2n) is 9.08. The van der Waals surface area contributed by atoms with Gasteiger partial charge >= 0.3 is 5.97 Å². The summed E-state index contributed by atoms with van der Waals surface area (Å²) in [7, 11) is 0. The number of aromatic nitrogens is 1. The molecule has 0 atom stereocenters. The topological polar surface area (TPSA) is 77.9 Å². The number of benzene rings is 4. The molecule has 5 rings (SSSR count). The van der Waals surface area contributed by atoms with Crippen molar-refractivity contribution in [3.8, 4) is 50.1 Å². The number of aliphatic carboxylic acids is 1. The molecule has 4 aromatic carbocycles. The Morgan fingerprint density at radius 1 is 0.775 bits per heavy atom. The molecule has 0 fully saturated rings. The van der Waals surface area contributed by atoms with E-state index < -0.39 is 5.97 Å². The highest BCUT2D eigenvalue weighted by Crippen LogP contribution is 2.38. The summed E-state index contributed by atoms with van der Waals surface area (Å²) in [6, 6.07) is 32.2. The van der Waals surface area contributed by atoms with Crippen LogP contribution in [0.3, 0.4) is 0 Å². The zero-order chi connectivity index (χ0) is 27.9. The molecule has 5 aromatic rings. The van der Waals surface area contributed by atoms with Gasteiger partial charge in [0.2, 0.25) is 0 Å². The summed E-state index contributed by atoms with van der Waals surface area (Å²) in [6.07, 6.45) is 0. The number of nitrogens with zero attached hydrogens (tertiary/aromatic N) is 1. The maximum atomic E-state index is 10.8. The Bertz CT molecular complexity index is 1580. The number of aryl methyl sites for hydroxylation is 1. The standard InChI is InChI=1S/C33H29NO5S/c1-3-37-27-15-13-25(14-16-27)32-33(26-11-9-24(10-12-26)23-7-5-4-6-8-23)40-30(34-32)20-38-28-17-18-29(22(2)19-28)39-21-31(35)36/h4-19H,3,20-21H2,1-2H3,(H,35,36). The van der Waals surface area contributed by atoms with Gasteiger partial charge in [-0.15, -0.1) is 11.3 Å². The molecule has 7 heteroatoms. The van der Waals surface area contributed by atoms with Crippen LogP contribution in [-0.2, 0) is 11.4 Å². The highest BCUT2D eigenvalue weighted by atomic mass is 32.1. The molecular formula is C33H29NO5S. The third kappa shape index (κ3) is 6.50. The fraction of sp³-hybridized carbons (Fsp3) is 0.152. The molecule has 0 bridgehead atoms. The molecule has 6 nitrogen and oxygen atoms in total. The average molecular weight is 552 g/mol. The SMILES string of the molecule is CCOc1ccc(-c2nc(COc3ccc(OCC(=O)O)c(C)c3)sc2-c2ccc(-c3ccccc3)cc2)cc1. The fourth-order valence-corrected chi connectivity index (χ4v) is 5.30. The van der Waals surface area contributed by atoms with Gasteiger partial charge in [0.15, 0.2) is 6.61 Å². The van der Waals surface area contributed by atoms with Gasteiger partial charge in [0, 0.05) is 5.56 Å². The van der Waals surface area contributed by atoms with Crippen LogP contribution in [0.4, 0.5) is 0 Å². The van der Waals surface area contributed by atoms with Gasteiger partial charge < -0.3 is 19.3 Å². The first-order valence-corrected chi connectivity index (χ1v) is 13.8. The predicted molar refractivity (Wildman–Crippen MR) is 158 cm³/mol. The highest BCUT2D eigenvalue weighted by molar-refractivity contribution is 7.15. The minimum absolute atomic E-state index is 0.297. The van der Waals surface area contributed by atoms with Crippen molar-refractivity contribution in [2.45, 2.75) is 20.5 Å². The number of carbonyl (C=O) groups is 1. The van der Waals surface area contributed by atoms with Crippen LogP contribution < -0.4 is 14.2 Å². The highest BCUT2D eigenvalue weighted by Gasteiger charge is 2.16. The zero-order valence-corrected chi connectivity index (χ0v) is 23.1. The second kappa shape index (κ2) is 12.5. The Kier molecular flexibility index (Phi) is 8.42. The molecule has 1 aromatic heterocycles. The Hall–Kier alpha value is -4.62. The summed E-state index contributed by atoms with van der Waals surface area (Å²) in [5.41, 5.74) is 6.12. The summed E-state index contributed by atoms with van der Waals surface area (Å²) < 4.78 is 17.0. The van der Waals surface area contributed by atoms with E-state index in [0.717, 1.165) is 43.6 Å². The molecule has 0 aliphatic carbocycles. The van der Waals surface area contributed by atoms with Gasteiger partial charge in [-0.3, -0.25) is 0 Å².